The fourth-order valence-electron chi connectivity index (χ4n) is 1.18. The van der Waals surface area contributed by atoms with Crippen LogP contribution in [0, 0.1) is 0 Å². The normalized spacial score (nSPS) is 11.4. The van der Waals surface area contributed by atoms with Gasteiger partial charge in [0.1, 0.15) is 5.75 Å². The molecular weight excluding hydrogens is 224 g/mol. The van der Waals surface area contributed by atoms with Crippen LogP contribution >= 0.6 is 10.7 Å². The van der Waals surface area contributed by atoms with Gasteiger partial charge in [0.15, 0.2) is 0 Å². The Morgan fingerprint density at radius 1 is 1.43 bits per heavy atom. The maximum absolute atomic E-state index is 11.2. The first-order valence-corrected chi connectivity index (χ1v) is 6.41. The molecule has 0 saturated carbocycles. The van der Waals surface area contributed by atoms with Crippen LogP contribution in [-0.2, 0) is 15.5 Å². The molecule has 1 aromatic carbocycles. The van der Waals surface area contributed by atoms with Crippen LogP contribution in [-0.4, -0.2) is 15.5 Å². The van der Waals surface area contributed by atoms with Crippen molar-refractivity contribution in [3.05, 3.63) is 23.8 Å². The Bertz CT molecular complexity index is 426. The van der Waals surface area contributed by atoms with Crippen LogP contribution in [0.25, 0.3) is 0 Å². The second-order valence-corrected chi connectivity index (χ2v) is 5.30. The van der Waals surface area contributed by atoms with E-state index in [1.807, 2.05) is 6.92 Å². The first kappa shape index (κ1) is 11.3. The van der Waals surface area contributed by atoms with Gasteiger partial charge < -0.3 is 4.74 Å². The average molecular weight is 235 g/mol. The Morgan fingerprint density at radius 3 is 2.50 bits per heavy atom. The molecule has 0 bridgehead atoms. The van der Waals surface area contributed by atoms with E-state index < -0.39 is 9.05 Å². The molecule has 78 valence electrons. The minimum atomic E-state index is -3.69. The van der Waals surface area contributed by atoms with E-state index >= 15 is 0 Å². The van der Waals surface area contributed by atoms with Crippen LogP contribution in [0.5, 0.6) is 5.75 Å². The highest BCUT2D eigenvalue weighted by atomic mass is 35.7. The van der Waals surface area contributed by atoms with Gasteiger partial charge in [-0.1, -0.05) is 13.0 Å². The molecule has 0 aliphatic rings. The molecule has 0 aromatic heterocycles. The van der Waals surface area contributed by atoms with Crippen molar-refractivity contribution in [2.24, 2.45) is 0 Å². The van der Waals surface area contributed by atoms with Crippen molar-refractivity contribution in [2.45, 2.75) is 18.2 Å². The van der Waals surface area contributed by atoms with Crippen molar-refractivity contribution in [1.82, 2.24) is 0 Å². The molecule has 14 heavy (non-hydrogen) atoms. The molecule has 0 aliphatic heterocycles. The van der Waals surface area contributed by atoms with Crippen molar-refractivity contribution in [1.29, 1.82) is 0 Å². The van der Waals surface area contributed by atoms with E-state index in [9.17, 15) is 8.42 Å². The SMILES string of the molecule is CCc1ccc(OC)cc1S(=O)(=O)Cl. The largest absolute Gasteiger partial charge is 0.497 e. The van der Waals surface area contributed by atoms with E-state index in [1.165, 1.54) is 13.2 Å². The van der Waals surface area contributed by atoms with E-state index in [-0.39, 0.29) is 4.90 Å². The number of methoxy groups -OCH3 is 1. The summed E-state index contributed by atoms with van der Waals surface area (Å²) in [7, 11) is 3.08. The summed E-state index contributed by atoms with van der Waals surface area (Å²) in [5.41, 5.74) is 0.695. The van der Waals surface area contributed by atoms with Crippen LogP contribution in [0.2, 0.25) is 0 Å². The number of aryl methyl sites for hydroxylation is 1. The second-order valence-electron chi connectivity index (χ2n) is 2.77. The first-order chi connectivity index (χ1) is 6.49. The lowest BCUT2D eigenvalue weighted by Crippen LogP contribution is -1.98. The van der Waals surface area contributed by atoms with Crippen molar-refractivity contribution < 1.29 is 13.2 Å². The summed E-state index contributed by atoms with van der Waals surface area (Å²) >= 11 is 0. The lowest BCUT2D eigenvalue weighted by molar-refractivity contribution is 0.413. The fraction of sp³-hybridized carbons (Fsp3) is 0.333. The van der Waals surface area contributed by atoms with Gasteiger partial charge in [-0.05, 0) is 18.1 Å². The Labute approximate surface area is 88.1 Å². The van der Waals surface area contributed by atoms with Gasteiger partial charge in [-0.2, -0.15) is 0 Å². The predicted octanol–water partition coefficient (Wildman–Crippen LogP) is 2.19. The molecule has 3 nitrogen and oxygen atoms in total. The van der Waals surface area contributed by atoms with Gasteiger partial charge in [0, 0.05) is 16.7 Å². The molecule has 5 heteroatoms. The van der Waals surface area contributed by atoms with Crippen molar-refractivity contribution in [2.75, 3.05) is 7.11 Å². The minimum Gasteiger partial charge on any atom is -0.497 e. The van der Waals surface area contributed by atoms with Crippen molar-refractivity contribution >= 4 is 19.7 Å². The van der Waals surface area contributed by atoms with Crippen LogP contribution in [0.15, 0.2) is 23.1 Å². The number of hydrogen-bond acceptors (Lipinski definition) is 3. The number of benzene rings is 1. The Hall–Kier alpha value is -0.740. The minimum absolute atomic E-state index is 0.126. The summed E-state index contributed by atoms with van der Waals surface area (Å²) in [6.07, 6.45) is 0.616. The van der Waals surface area contributed by atoms with Crippen LogP contribution < -0.4 is 4.74 Å². The monoisotopic (exact) mass is 234 g/mol. The third-order valence-corrected chi connectivity index (χ3v) is 3.32. The summed E-state index contributed by atoms with van der Waals surface area (Å²) in [6.45, 7) is 1.87. The van der Waals surface area contributed by atoms with Gasteiger partial charge in [-0.25, -0.2) is 8.42 Å². The van der Waals surface area contributed by atoms with Gasteiger partial charge in [-0.3, -0.25) is 0 Å². The average Bonchev–Trinajstić information content (AvgIpc) is 2.15. The predicted molar refractivity (Wildman–Crippen MR) is 55.4 cm³/mol. The molecule has 0 spiro atoms. The molecule has 0 fully saturated rings. The molecule has 0 N–H and O–H groups in total. The number of rotatable bonds is 3. The summed E-state index contributed by atoms with van der Waals surface area (Å²) in [4.78, 5) is 0.126. The molecule has 0 atom stereocenters. The highest BCUT2D eigenvalue weighted by Gasteiger charge is 2.15. The molecule has 1 aromatic rings. The molecule has 0 unspecified atom stereocenters. The van der Waals surface area contributed by atoms with Gasteiger partial charge in [0.2, 0.25) is 0 Å². The molecule has 1 rings (SSSR count). The third-order valence-electron chi connectivity index (χ3n) is 1.92. The standard InChI is InChI=1S/C9H11ClO3S/c1-3-7-4-5-8(13-2)6-9(7)14(10,11)12/h4-6H,3H2,1-2H3. The van der Waals surface area contributed by atoms with Crippen LogP contribution in [0.4, 0.5) is 0 Å². The highest BCUT2D eigenvalue weighted by Crippen LogP contribution is 2.25. The smallest absolute Gasteiger partial charge is 0.261 e. The van der Waals surface area contributed by atoms with Crippen LogP contribution in [0.1, 0.15) is 12.5 Å². The zero-order chi connectivity index (χ0) is 10.8. The van der Waals surface area contributed by atoms with Gasteiger partial charge in [-0.15, -0.1) is 0 Å². The zero-order valence-electron chi connectivity index (χ0n) is 7.95. The maximum Gasteiger partial charge on any atom is 0.261 e. The lowest BCUT2D eigenvalue weighted by Gasteiger charge is -2.06. The summed E-state index contributed by atoms with van der Waals surface area (Å²) in [5, 5.41) is 0. The topological polar surface area (TPSA) is 43.4 Å². The van der Waals surface area contributed by atoms with Gasteiger partial charge >= 0.3 is 0 Å². The van der Waals surface area contributed by atoms with E-state index in [2.05, 4.69) is 0 Å². The van der Waals surface area contributed by atoms with E-state index in [4.69, 9.17) is 15.4 Å². The highest BCUT2D eigenvalue weighted by molar-refractivity contribution is 8.13. The summed E-state index contributed by atoms with van der Waals surface area (Å²) in [6, 6.07) is 4.85. The van der Waals surface area contributed by atoms with E-state index in [0.717, 1.165) is 0 Å². The zero-order valence-corrected chi connectivity index (χ0v) is 9.52. The Balaban J connectivity index is 3.37. The van der Waals surface area contributed by atoms with Gasteiger partial charge in [0.25, 0.3) is 9.05 Å². The first-order valence-electron chi connectivity index (χ1n) is 4.10. The van der Waals surface area contributed by atoms with E-state index in [0.29, 0.717) is 17.7 Å². The van der Waals surface area contributed by atoms with Crippen LogP contribution in [0.3, 0.4) is 0 Å². The fourth-order valence-corrected chi connectivity index (χ4v) is 2.39. The molecule has 0 heterocycles. The Morgan fingerprint density at radius 2 is 2.07 bits per heavy atom. The molecule has 0 amide bonds. The Kier molecular flexibility index (Phi) is 3.39. The molecule has 0 aliphatic carbocycles. The molecule has 0 saturated heterocycles. The third kappa shape index (κ3) is 2.39. The number of ether oxygens (including phenoxy) is 1. The van der Waals surface area contributed by atoms with Gasteiger partial charge in [0.05, 0.1) is 12.0 Å². The second kappa shape index (κ2) is 4.19. The molecular formula is C9H11ClO3S. The maximum atomic E-state index is 11.2. The number of hydrogen-bond donors (Lipinski definition) is 0. The quantitative estimate of drug-likeness (QED) is 0.753. The van der Waals surface area contributed by atoms with E-state index in [1.54, 1.807) is 12.1 Å². The number of halogens is 1. The molecule has 0 radical (unpaired) electrons. The summed E-state index contributed by atoms with van der Waals surface area (Å²) < 4.78 is 27.3. The van der Waals surface area contributed by atoms with Crippen molar-refractivity contribution in [3.63, 3.8) is 0 Å². The lowest BCUT2D eigenvalue weighted by atomic mass is 10.2. The van der Waals surface area contributed by atoms with Crippen molar-refractivity contribution in [3.8, 4) is 5.75 Å². The summed E-state index contributed by atoms with van der Waals surface area (Å²) in [5.74, 6) is 0.487.